The van der Waals surface area contributed by atoms with Crippen molar-refractivity contribution in [2.24, 2.45) is 5.92 Å². The minimum absolute atomic E-state index is 0.000222. The summed E-state index contributed by atoms with van der Waals surface area (Å²) in [7, 11) is 0. The minimum atomic E-state index is -4.71. The number of para-hydroxylation sites is 1. The van der Waals surface area contributed by atoms with Crippen molar-refractivity contribution >= 4 is 28.6 Å². The van der Waals surface area contributed by atoms with E-state index in [2.05, 4.69) is 4.98 Å². The van der Waals surface area contributed by atoms with Crippen LogP contribution in [0.3, 0.4) is 0 Å². The topological polar surface area (TPSA) is 92.5 Å². The number of amides is 1. The zero-order valence-electron chi connectivity index (χ0n) is 22.5. The first-order chi connectivity index (χ1) is 20.6. The molecular weight excluding hydrogens is 559 g/mol. The van der Waals surface area contributed by atoms with Gasteiger partial charge in [-0.3, -0.25) is 19.3 Å². The van der Waals surface area contributed by atoms with Crippen LogP contribution in [0, 0.1) is 5.92 Å². The van der Waals surface area contributed by atoms with Gasteiger partial charge in [0, 0.05) is 23.8 Å². The minimum Gasteiger partial charge on any atom is -0.481 e. The first kappa shape index (κ1) is 27.9. The molecule has 1 amide bonds. The molecule has 1 N–H and O–H groups in total. The molecule has 6 rings (SSSR count). The molecule has 0 radical (unpaired) electrons. The molecule has 1 aliphatic rings. The van der Waals surface area contributed by atoms with E-state index in [1.165, 1.54) is 53.4 Å². The van der Waals surface area contributed by atoms with Gasteiger partial charge in [-0.2, -0.15) is 13.2 Å². The van der Waals surface area contributed by atoms with Crippen LogP contribution in [-0.2, 0) is 4.79 Å². The molecule has 0 aliphatic heterocycles. The molecule has 3 aromatic carbocycles. The molecule has 216 valence electrons. The van der Waals surface area contributed by atoms with E-state index in [1.54, 1.807) is 18.2 Å². The monoisotopic (exact) mass is 583 g/mol. The number of carboxylic acid groups (broad SMARTS) is 1. The maximum absolute atomic E-state index is 13.7. The van der Waals surface area contributed by atoms with Crippen LogP contribution in [0.1, 0.15) is 28.3 Å². The fraction of sp³-hybridized carbons (Fsp3) is 0.152. The number of fused-ring (bicyclic) bond motifs is 1. The number of nitrogens with zero attached hydrogens (tertiary/aromatic N) is 3. The molecule has 1 aliphatic carbocycles. The van der Waals surface area contributed by atoms with Gasteiger partial charge in [0.1, 0.15) is 17.8 Å². The Morgan fingerprint density at radius 2 is 1.67 bits per heavy atom. The molecule has 5 aromatic rings. The van der Waals surface area contributed by atoms with Crippen molar-refractivity contribution in [3.05, 3.63) is 125 Å². The summed E-state index contributed by atoms with van der Waals surface area (Å²) in [6.07, 6.45) is -1.36. The van der Waals surface area contributed by atoms with Gasteiger partial charge in [0.15, 0.2) is 0 Å². The van der Waals surface area contributed by atoms with Gasteiger partial charge in [-0.25, -0.2) is 4.98 Å². The Labute approximate surface area is 243 Å². The van der Waals surface area contributed by atoms with Gasteiger partial charge in [-0.05, 0) is 65.4 Å². The van der Waals surface area contributed by atoms with Gasteiger partial charge in [0.25, 0.3) is 5.91 Å². The lowest BCUT2D eigenvalue weighted by molar-refractivity contribution is -0.138. The van der Waals surface area contributed by atoms with Crippen LogP contribution >= 0.6 is 0 Å². The summed E-state index contributed by atoms with van der Waals surface area (Å²) in [4.78, 5) is 43.3. The van der Waals surface area contributed by atoms with E-state index in [-0.39, 0.29) is 28.6 Å². The number of rotatable bonds is 7. The van der Waals surface area contributed by atoms with Crippen molar-refractivity contribution in [1.82, 2.24) is 9.55 Å². The maximum Gasteiger partial charge on any atom is 0.406 e. The zero-order valence-corrected chi connectivity index (χ0v) is 22.5. The van der Waals surface area contributed by atoms with Crippen LogP contribution in [-0.4, -0.2) is 39.3 Å². The van der Waals surface area contributed by atoms with Crippen molar-refractivity contribution in [3.8, 4) is 16.8 Å². The maximum atomic E-state index is 13.7. The molecular formula is C33H24F3N3O4. The van der Waals surface area contributed by atoms with E-state index in [0.717, 1.165) is 16.7 Å². The van der Waals surface area contributed by atoms with Gasteiger partial charge < -0.3 is 9.67 Å². The molecule has 2 heterocycles. The average Bonchev–Trinajstić information content (AvgIpc) is 3.82. The van der Waals surface area contributed by atoms with Gasteiger partial charge in [0.2, 0.25) is 5.43 Å². The second-order valence-corrected chi connectivity index (χ2v) is 10.4. The quantitative estimate of drug-likeness (QED) is 0.238. The van der Waals surface area contributed by atoms with Gasteiger partial charge in [-0.15, -0.1) is 0 Å². The summed E-state index contributed by atoms with van der Waals surface area (Å²) >= 11 is 0. The highest BCUT2D eigenvalue weighted by atomic mass is 19.4. The molecule has 0 unspecified atom stereocenters. The number of anilines is 1. The smallest absolute Gasteiger partial charge is 0.406 e. The van der Waals surface area contributed by atoms with Crippen molar-refractivity contribution in [3.63, 3.8) is 0 Å². The predicted molar refractivity (Wildman–Crippen MR) is 155 cm³/mol. The van der Waals surface area contributed by atoms with Gasteiger partial charge in [-0.1, -0.05) is 54.6 Å². The number of aromatic nitrogens is 2. The van der Waals surface area contributed by atoms with E-state index >= 15 is 0 Å². The molecule has 10 heteroatoms. The third-order valence-electron chi connectivity index (χ3n) is 7.55. The number of aliphatic carboxylic acids is 1. The van der Waals surface area contributed by atoms with Crippen LogP contribution in [0.4, 0.5) is 18.9 Å². The van der Waals surface area contributed by atoms with Gasteiger partial charge >= 0.3 is 12.1 Å². The average molecular weight is 584 g/mol. The lowest BCUT2D eigenvalue weighted by Gasteiger charge is -2.24. The van der Waals surface area contributed by atoms with Gasteiger partial charge in [0.05, 0.1) is 11.3 Å². The van der Waals surface area contributed by atoms with Crippen LogP contribution in [0.25, 0.3) is 27.8 Å². The summed E-state index contributed by atoms with van der Waals surface area (Å²) < 4.78 is 42.3. The highest BCUT2D eigenvalue weighted by molar-refractivity contribution is 6.07. The fourth-order valence-electron chi connectivity index (χ4n) is 5.32. The summed E-state index contributed by atoms with van der Waals surface area (Å²) in [6.45, 7) is -1.57. The molecule has 7 nitrogen and oxygen atoms in total. The van der Waals surface area contributed by atoms with Crippen LogP contribution in [0.2, 0.25) is 0 Å². The Hall–Kier alpha value is -5.25. The van der Waals surface area contributed by atoms with E-state index in [1.807, 2.05) is 36.4 Å². The second kappa shape index (κ2) is 10.9. The SMILES string of the molecule is O=C(O)[C@@H]1C[C@H]1c1ccc(-c2cccc(-n3cc(C(=O)N(CC(F)(F)F)c4ccccc4)c(=O)c4cccnc43)c2)cc1. The highest BCUT2D eigenvalue weighted by Crippen LogP contribution is 2.47. The van der Waals surface area contributed by atoms with Crippen molar-refractivity contribution in [1.29, 1.82) is 0 Å². The molecule has 2 aromatic heterocycles. The van der Waals surface area contributed by atoms with Crippen molar-refractivity contribution in [2.45, 2.75) is 18.5 Å². The largest absolute Gasteiger partial charge is 0.481 e. The van der Waals surface area contributed by atoms with Crippen LogP contribution in [0.15, 0.2) is 108 Å². The molecule has 43 heavy (non-hydrogen) atoms. The molecule has 0 spiro atoms. The Morgan fingerprint density at radius 3 is 2.35 bits per heavy atom. The first-order valence-corrected chi connectivity index (χ1v) is 13.5. The van der Waals surface area contributed by atoms with E-state index < -0.39 is 35.6 Å². The number of hydrogen-bond acceptors (Lipinski definition) is 4. The lowest BCUT2D eigenvalue weighted by Crippen LogP contribution is -2.41. The number of benzene rings is 3. The number of halogens is 3. The first-order valence-electron chi connectivity index (χ1n) is 13.5. The highest BCUT2D eigenvalue weighted by Gasteiger charge is 2.44. The third-order valence-corrected chi connectivity index (χ3v) is 7.55. The number of pyridine rings is 2. The fourth-order valence-corrected chi connectivity index (χ4v) is 5.32. The normalized spacial score (nSPS) is 16.2. The summed E-state index contributed by atoms with van der Waals surface area (Å²) in [5.41, 5.74) is 2.24. The Morgan fingerprint density at radius 1 is 0.930 bits per heavy atom. The molecule has 1 fully saturated rings. The molecule has 0 bridgehead atoms. The lowest BCUT2D eigenvalue weighted by atomic mass is 10.0. The Kier molecular flexibility index (Phi) is 7.05. The third kappa shape index (κ3) is 5.63. The van der Waals surface area contributed by atoms with Crippen LogP contribution < -0.4 is 10.3 Å². The second-order valence-electron chi connectivity index (χ2n) is 10.4. The van der Waals surface area contributed by atoms with Crippen molar-refractivity contribution in [2.75, 3.05) is 11.4 Å². The molecule has 1 saturated carbocycles. The van der Waals surface area contributed by atoms with E-state index in [9.17, 15) is 32.7 Å². The number of carboxylic acids is 1. The number of carbonyl (C=O) groups is 2. The summed E-state index contributed by atoms with van der Waals surface area (Å²) in [5.74, 6) is -2.24. The number of alkyl halides is 3. The molecule has 2 atom stereocenters. The predicted octanol–water partition coefficient (Wildman–Crippen LogP) is 6.45. The Bertz CT molecular complexity index is 1900. The summed E-state index contributed by atoms with van der Waals surface area (Å²) in [6, 6.07) is 25.3. The molecule has 0 saturated heterocycles. The van der Waals surface area contributed by atoms with Crippen molar-refractivity contribution < 1.29 is 27.9 Å². The number of carbonyl (C=O) groups excluding carboxylic acids is 1. The van der Waals surface area contributed by atoms with E-state index in [0.29, 0.717) is 17.0 Å². The summed E-state index contributed by atoms with van der Waals surface area (Å²) in [5, 5.41) is 9.32. The zero-order chi connectivity index (χ0) is 30.3. The van der Waals surface area contributed by atoms with Crippen LogP contribution in [0.5, 0.6) is 0 Å². The van der Waals surface area contributed by atoms with E-state index in [4.69, 9.17) is 0 Å². The number of hydrogen-bond donors (Lipinski definition) is 1. The Balaban J connectivity index is 1.42. The standard InChI is InChI=1S/C33H24F3N3O4/c34-33(35,36)19-39(23-7-2-1-3-8-23)31(41)28-18-38(30-25(29(28)40)10-5-15-37-30)24-9-4-6-22(16-24)20-11-13-21(14-12-20)26-17-27(26)32(42)43/h1-16,18,26-27H,17,19H2,(H,42,43)/t26-,27+/m0/s1.